The molecule has 1 saturated heterocycles. The Kier molecular flexibility index (Phi) is 4.29. The minimum atomic E-state index is -4.53. The van der Waals surface area contributed by atoms with Gasteiger partial charge in [-0.1, -0.05) is 12.1 Å². The van der Waals surface area contributed by atoms with Crippen LogP contribution in [0.3, 0.4) is 0 Å². The van der Waals surface area contributed by atoms with Gasteiger partial charge in [0, 0.05) is 18.9 Å². The third-order valence-electron chi connectivity index (χ3n) is 4.62. The van der Waals surface area contributed by atoms with Gasteiger partial charge < -0.3 is 4.90 Å². The van der Waals surface area contributed by atoms with E-state index in [1.54, 1.807) is 24.4 Å². The molecule has 0 bridgehead atoms. The summed E-state index contributed by atoms with van der Waals surface area (Å²) in [4.78, 5) is 27.4. The molecule has 1 aliphatic rings. The van der Waals surface area contributed by atoms with E-state index in [-0.39, 0.29) is 11.2 Å². The minimum Gasteiger partial charge on any atom is -0.345 e. The van der Waals surface area contributed by atoms with E-state index in [4.69, 9.17) is 0 Å². The first-order valence-electron chi connectivity index (χ1n) is 8.53. The molecule has 27 heavy (non-hydrogen) atoms. The van der Waals surface area contributed by atoms with Gasteiger partial charge in [0.05, 0.1) is 23.1 Å². The van der Waals surface area contributed by atoms with Crippen molar-refractivity contribution in [3.05, 3.63) is 59.0 Å². The highest BCUT2D eigenvalue weighted by Gasteiger charge is 2.35. The fraction of sp³-hybridized carbons (Fsp3) is 0.333. The lowest BCUT2D eigenvalue weighted by molar-refractivity contribution is -0.141. The lowest BCUT2D eigenvalue weighted by Gasteiger charge is -2.27. The van der Waals surface area contributed by atoms with E-state index < -0.39 is 24.3 Å². The van der Waals surface area contributed by atoms with Gasteiger partial charge in [-0.15, -0.1) is 0 Å². The van der Waals surface area contributed by atoms with Crippen molar-refractivity contribution in [1.82, 2.24) is 19.5 Å². The van der Waals surface area contributed by atoms with Gasteiger partial charge in [0.2, 0.25) is 0 Å². The summed E-state index contributed by atoms with van der Waals surface area (Å²) in [5.41, 5.74) is -0.291. The topological polar surface area (TPSA) is 63.9 Å². The van der Waals surface area contributed by atoms with Crippen molar-refractivity contribution in [2.75, 3.05) is 11.4 Å². The van der Waals surface area contributed by atoms with Crippen molar-refractivity contribution in [1.29, 1.82) is 0 Å². The van der Waals surface area contributed by atoms with Crippen molar-refractivity contribution >= 4 is 16.7 Å². The molecule has 1 aliphatic heterocycles. The summed E-state index contributed by atoms with van der Waals surface area (Å²) in [7, 11) is 0. The van der Waals surface area contributed by atoms with Gasteiger partial charge in [0.25, 0.3) is 5.56 Å². The van der Waals surface area contributed by atoms with Gasteiger partial charge in [-0.25, -0.2) is 9.97 Å². The Balaban J connectivity index is 1.89. The molecule has 0 N–H and O–H groups in total. The molecule has 140 valence electrons. The Morgan fingerprint density at radius 1 is 1.19 bits per heavy atom. The molecule has 1 unspecified atom stereocenters. The van der Waals surface area contributed by atoms with Crippen molar-refractivity contribution in [2.45, 2.75) is 31.6 Å². The third kappa shape index (κ3) is 3.36. The number of fused-ring (bicyclic) bond motifs is 1. The molecule has 1 atom stereocenters. The van der Waals surface area contributed by atoms with Crippen LogP contribution in [0.25, 0.3) is 10.9 Å². The number of halogens is 3. The zero-order valence-electron chi connectivity index (χ0n) is 14.2. The average Bonchev–Trinajstić information content (AvgIpc) is 3.13. The fourth-order valence-corrected chi connectivity index (χ4v) is 3.52. The molecule has 1 fully saturated rings. The van der Waals surface area contributed by atoms with Crippen LogP contribution in [0.1, 0.15) is 24.7 Å². The first kappa shape index (κ1) is 17.4. The molecule has 4 rings (SSSR count). The number of nitrogens with zero attached hydrogens (tertiary/aromatic N) is 5. The first-order valence-corrected chi connectivity index (χ1v) is 8.53. The lowest BCUT2D eigenvalue weighted by atomic mass is 10.1. The van der Waals surface area contributed by atoms with Gasteiger partial charge in [-0.2, -0.15) is 13.2 Å². The van der Waals surface area contributed by atoms with Crippen LogP contribution in [0.15, 0.2) is 47.7 Å². The zero-order valence-corrected chi connectivity index (χ0v) is 14.2. The Labute approximate surface area is 152 Å². The standard InChI is InChI=1S/C18H16F3N5O/c19-18(20,21)11-26-16(24-13-5-2-1-4-12(13)17(26)27)14-6-3-9-25(14)15-10-22-7-8-23-15/h1-2,4-5,7-8,10,14H,3,6,9,11H2. The molecule has 0 amide bonds. The SMILES string of the molecule is O=c1c2ccccc2nc(C2CCCN2c2cnccn2)n1CC(F)(F)F. The van der Waals surface area contributed by atoms with Gasteiger partial charge >= 0.3 is 6.18 Å². The number of anilines is 1. The van der Waals surface area contributed by atoms with Crippen molar-refractivity contribution in [3.8, 4) is 0 Å². The molecule has 0 spiro atoms. The van der Waals surface area contributed by atoms with Crippen LogP contribution < -0.4 is 10.5 Å². The molecule has 0 radical (unpaired) electrons. The van der Waals surface area contributed by atoms with Gasteiger partial charge in [-0.05, 0) is 25.0 Å². The summed E-state index contributed by atoms with van der Waals surface area (Å²) >= 11 is 0. The summed E-state index contributed by atoms with van der Waals surface area (Å²) in [6.07, 6.45) is 1.43. The highest BCUT2D eigenvalue weighted by Crippen LogP contribution is 2.34. The van der Waals surface area contributed by atoms with Crippen LogP contribution in [-0.2, 0) is 6.54 Å². The van der Waals surface area contributed by atoms with Gasteiger partial charge in [0.1, 0.15) is 18.2 Å². The highest BCUT2D eigenvalue weighted by molar-refractivity contribution is 5.77. The maximum atomic E-state index is 13.2. The van der Waals surface area contributed by atoms with Crippen LogP contribution in [-0.4, -0.2) is 32.2 Å². The van der Waals surface area contributed by atoms with E-state index in [0.717, 1.165) is 11.0 Å². The van der Waals surface area contributed by atoms with Gasteiger partial charge in [-0.3, -0.25) is 14.3 Å². The number of hydrogen-bond acceptors (Lipinski definition) is 5. The van der Waals surface area contributed by atoms with Crippen molar-refractivity contribution in [3.63, 3.8) is 0 Å². The van der Waals surface area contributed by atoms with Crippen molar-refractivity contribution < 1.29 is 13.2 Å². The predicted molar refractivity (Wildman–Crippen MR) is 93.4 cm³/mol. The zero-order chi connectivity index (χ0) is 19.0. The van der Waals surface area contributed by atoms with Crippen LogP contribution in [0.4, 0.5) is 19.0 Å². The van der Waals surface area contributed by atoms with Gasteiger partial charge in [0.15, 0.2) is 0 Å². The van der Waals surface area contributed by atoms with E-state index >= 15 is 0 Å². The molecule has 0 aliphatic carbocycles. The number of aromatic nitrogens is 4. The maximum Gasteiger partial charge on any atom is 0.406 e. The monoisotopic (exact) mass is 375 g/mol. The molecule has 3 aromatic rings. The molecule has 0 saturated carbocycles. The second-order valence-electron chi connectivity index (χ2n) is 6.41. The minimum absolute atomic E-state index is 0.110. The number of benzene rings is 1. The molecule has 2 aromatic heterocycles. The maximum absolute atomic E-state index is 13.2. The number of hydrogen-bond donors (Lipinski definition) is 0. The number of alkyl halides is 3. The number of rotatable bonds is 3. The van der Waals surface area contributed by atoms with Crippen molar-refractivity contribution in [2.24, 2.45) is 0 Å². The van der Waals surface area contributed by atoms with E-state index in [0.29, 0.717) is 24.3 Å². The molecule has 6 nitrogen and oxygen atoms in total. The third-order valence-corrected chi connectivity index (χ3v) is 4.62. The first-order chi connectivity index (χ1) is 12.9. The summed E-state index contributed by atoms with van der Waals surface area (Å²) in [6, 6.07) is 5.99. The summed E-state index contributed by atoms with van der Waals surface area (Å²) in [6.45, 7) is -0.762. The summed E-state index contributed by atoms with van der Waals surface area (Å²) in [5, 5.41) is 0.176. The second kappa shape index (κ2) is 6.64. The Morgan fingerprint density at radius 3 is 2.74 bits per heavy atom. The molecule has 9 heteroatoms. The second-order valence-corrected chi connectivity index (χ2v) is 6.41. The average molecular weight is 375 g/mol. The van der Waals surface area contributed by atoms with E-state index in [2.05, 4.69) is 15.0 Å². The lowest BCUT2D eigenvalue weighted by Crippen LogP contribution is -2.36. The smallest absolute Gasteiger partial charge is 0.345 e. The van der Waals surface area contributed by atoms with E-state index in [1.165, 1.54) is 18.5 Å². The molecule has 1 aromatic carbocycles. The molecule has 3 heterocycles. The number of para-hydroxylation sites is 1. The molecular formula is C18H16F3N5O. The largest absolute Gasteiger partial charge is 0.406 e. The Morgan fingerprint density at radius 2 is 2.00 bits per heavy atom. The summed E-state index contributed by atoms with van der Waals surface area (Å²) in [5.74, 6) is 0.667. The van der Waals surface area contributed by atoms with Crippen LogP contribution >= 0.6 is 0 Å². The Bertz CT molecular complexity index is 1020. The van der Waals surface area contributed by atoms with Crippen LogP contribution in [0.2, 0.25) is 0 Å². The van der Waals surface area contributed by atoms with Crippen LogP contribution in [0, 0.1) is 0 Å². The summed E-state index contributed by atoms with van der Waals surface area (Å²) < 4.78 is 40.3. The fourth-order valence-electron chi connectivity index (χ4n) is 3.52. The van der Waals surface area contributed by atoms with E-state index in [9.17, 15) is 18.0 Å². The quantitative estimate of drug-likeness (QED) is 0.704. The predicted octanol–water partition coefficient (Wildman–Crippen LogP) is 3.09. The normalized spacial score (nSPS) is 17.6. The molecular weight excluding hydrogens is 359 g/mol. The van der Waals surface area contributed by atoms with E-state index in [1.807, 2.05) is 4.90 Å². The Hall–Kier alpha value is -2.97. The highest BCUT2D eigenvalue weighted by atomic mass is 19.4. The van der Waals surface area contributed by atoms with Crippen LogP contribution in [0.5, 0.6) is 0 Å².